The minimum absolute atomic E-state index is 0.641. The summed E-state index contributed by atoms with van der Waals surface area (Å²) in [5.41, 5.74) is 1.40. The molecule has 0 spiro atoms. The second kappa shape index (κ2) is 4.17. The molecular formula is C14H17NO2. The smallest absolute Gasteiger partial charge is 0.0919 e. The molecule has 1 aliphatic rings. The number of rotatable bonds is 1. The van der Waals surface area contributed by atoms with Gasteiger partial charge in [0.1, 0.15) is 0 Å². The van der Waals surface area contributed by atoms with Crippen molar-refractivity contribution in [1.29, 1.82) is 0 Å². The third-order valence-electron chi connectivity index (χ3n) is 3.63. The van der Waals surface area contributed by atoms with Crippen LogP contribution in [0.15, 0.2) is 30.5 Å². The molecule has 3 heteroatoms. The average Bonchev–Trinajstić information content (AvgIpc) is 2.70. The highest BCUT2D eigenvalue weighted by atomic mass is 16.5. The fourth-order valence-electron chi connectivity index (χ4n) is 2.57. The molecule has 1 unspecified atom stereocenters. The molecule has 0 saturated carbocycles. The normalized spacial score (nSPS) is 25.9. The van der Waals surface area contributed by atoms with Crippen LogP contribution in [0.2, 0.25) is 0 Å². The Bertz CT molecular complexity index is 510. The van der Waals surface area contributed by atoms with Crippen LogP contribution < -0.4 is 0 Å². The molecule has 0 bridgehead atoms. The number of aliphatic hydroxyl groups is 1. The Morgan fingerprint density at radius 2 is 2.12 bits per heavy atom. The molecule has 1 fully saturated rings. The fraction of sp³-hybridized carbons (Fsp3) is 0.429. The summed E-state index contributed by atoms with van der Waals surface area (Å²) < 4.78 is 5.42. The second-order valence-corrected chi connectivity index (χ2v) is 4.78. The number of hydrogen-bond donors (Lipinski definition) is 2. The first-order valence-electron chi connectivity index (χ1n) is 6.16. The van der Waals surface area contributed by atoms with E-state index in [1.54, 1.807) is 0 Å². The van der Waals surface area contributed by atoms with E-state index in [-0.39, 0.29) is 0 Å². The van der Waals surface area contributed by atoms with Crippen LogP contribution in [0.25, 0.3) is 10.9 Å². The Labute approximate surface area is 100 Å². The van der Waals surface area contributed by atoms with E-state index in [2.05, 4.69) is 11.1 Å². The first-order valence-corrected chi connectivity index (χ1v) is 6.16. The molecule has 2 aromatic rings. The molecule has 1 aromatic heterocycles. The zero-order valence-corrected chi connectivity index (χ0v) is 9.78. The van der Waals surface area contributed by atoms with Gasteiger partial charge in [0, 0.05) is 31.3 Å². The van der Waals surface area contributed by atoms with Crippen LogP contribution in [0, 0.1) is 0 Å². The average molecular weight is 231 g/mol. The number of ether oxygens (including phenoxy) is 1. The highest BCUT2D eigenvalue weighted by Gasteiger charge is 2.30. The highest BCUT2D eigenvalue weighted by Crippen LogP contribution is 2.33. The molecule has 90 valence electrons. The minimum Gasteiger partial charge on any atom is -0.385 e. The van der Waals surface area contributed by atoms with Gasteiger partial charge in [0.2, 0.25) is 0 Å². The van der Waals surface area contributed by atoms with Crippen molar-refractivity contribution >= 4 is 10.9 Å². The standard InChI is InChI=1S/C14H17NO2/c16-14(5-1-8-17-9-6-14)12-2-3-13-11(10-12)4-7-15-13/h2-4,7,10,15-16H,1,5-6,8-9H2. The lowest BCUT2D eigenvalue weighted by Gasteiger charge is -2.26. The molecule has 0 radical (unpaired) electrons. The van der Waals surface area contributed by atoms with E-state index in [0.717, 1.165) is 35.9 Å². The van der Waals surface area contributed by atoms with Gasteiger partial charge < -0.3 is 14.8 Å². The summed E-state index contributed by atoms with van der Waals surface area (Å²) in [7, 11) is 0. The lowest BCUT2D eigenvalue weighted by atomic mass is 9.86. The summed E-state index contributed by atoms with van der Waals surface area (Å²) in [5.74, 6) is 0. The van der Waals surface area contributed by atoms with Gasteiger partial charge in [-0.3, -0.25) is 0 Å². The SMILES string of the molecule is OC1(c2ccc3[nH]ccc3c2)CCCOCC1. The van der Waals surface area contributed by atoms with Crippen molar-refractivity contribution in [2.45, 2.75) is 24.9 Å². The lowest BCUT2D eigenvalue weighted by Crippen LogP contribution is -2.25. The zero-order valence-electron chi connectivity index (χ0n) is 9.78. The molecule has 0 aliphatic carbocycles. The summed E-state index contributed by atoms with van der Waals surface area (Å²) >= 11 is 0. The molecule has 1 saturated heterocycles. The molecule has 2 N–H and O–H groups in total. The summed E-state index contributed by atoms with van der Waals surface area (Å²) in [6.45, 7) is 1.40. The van der Waals surface area contributed by atoms with Gasteiger partial charge in [0.15, 0.2) is 0 Å². The number of nitrogens with one attached hydrogen (secondary N) is 1. The summed E-state index contributed by atoms with van der Waals surface area (Å²) in [6.07, 6.45) is 4.31. The number of aromatic nitrogens is 1. The Hall–Kier alpha value is -1.32. The molecule has 3 rings (SSSR count). The van der Waals surface area contributed by atoms with Gasteiger partial charge in [-0.1, -0.05) is 6.07 Å². The molecule has 2 heterocycles. The summed E-state index contributed by atoms with van der Waals surface area (Å²) in [5, 5.41) is 11.9. The molecular weight excluding hydrogens is 214 g/mol. The maximum atomic E-state index is 10.7. The van der Waals surface area contributed by atoms with Crippen molar-refractivity contribution in [3.63, 3.8) is 0 Å². The quantitative estimate of drug-likeness (QED) is 0.792. The predicted octanol–water partition coefficient (Wildman–Crippen LogP) is 2.56. The van der Waals surface area contributed by atoms with Crippen LogP contribution in [0.5, 0.6) is 0 Å². The van der Waals surface area contributed by atoms with Crippen LogP contribution >= 0.6 is 0 Å². The first-order chi connectivity index (χ1) is 8.28. The van der Waals surface area contributed by atoms with Crippen LogP contribution in [-0.4, -0.2) is 23.3 Å². The van der Waals surface area contributed by atoms with E-state index in [0.29, 0.717) is 13.0 Å². The van der Waals surface area contributed by atoms with Gasteiger partial charge in [-0.25, -0.2) is 0 Å². The maximum Gasteiger partial charge on any atom is 0.0919 e. The van der Waals surface area contributed by atoms with E-state index < -0.39 is 5.60 Å². The van der Waals surface area contributed by atoms with Gasteiger partial charge in [-0.15, -0.1) is 0 Å². The number of aromatic amines is 1. The predicted molar refractivity (Wildman–Crippen MR) is 66.9 cm³/mol. The maximum absolute atomic E-state index is 10.7. The molecule has 1 aromatic carbocycles. The van der Waals surface area contributed by atoms with E-state index in [9.17, 15) is 5.11 Å². The second-order valence-electron chi connectivity index (χ2n) is 4.78. The molecule has 1 atom stereocenters. The van der Waals surface area contributed by atoms with Crippen LogP contribution in [0.1, 0.15) is 24.8 Å². The van der Waals surface area contributed by atoms with Gasteiger partial charge in [-0.2, -0.15) is 0 Å². The van der Waals surface area contributed by atoms with Crippen molar-refractivity contribution in [2.75, 3.05) is 13.2 Å². The van der Waals surface area contributed by atoms with Gasteiger partial charge in [-0.05, 0) is 42.0 Å². The van der Waals surface area contributed by atoms with Crippen molar-refractivity contribution in [3.05, 3.63) is 36.0 Å². The molecule has 1 aliphatic heterocycles. The Kier molecular flexibility index (Phi) is 2.65. The zero-order chi connectivity index (χ0) is 11.7. The van der Waals surface area contributed by atoms with Gasteiger partial charge >= 0.3 is 0 Å². The number of benzene rings is 1. The van der Waals surface area contributed by atoms with Crippen molar-refractivity contribution in [2.24, 2.45) is 0 Å². The van der Waals surface area contributed by atoms with E-state index in [1.165, 1.54) is 0 Å². The number of H-pyrrole nitrogens is 1. The van der Waals surface area contributed by atoms with Gasteiger partial charge in [0.05, 0.1) is 5.60 Å². The molecule has 17 heavy (non-hydrogen) atoms. The largest absolute Gasteiger partial charge is 0.385 e. The summed E-state index contributed by atoms with van der Waals surface area (Å²) in [4.78, 5) is 3.17. The Balaban J connectivity index is 2.00. The monoisotopic (exact) mass is 231 g/mol. The first kappa shape index (κ1) is 10.8. The summed E-state index contributed by atoms with van der Waals surface area (Å²) in [6, 6.07) is 8.17. The van der Waals surface area contributed by atoms with Gasteiger partial charge in [0.25, 0.3) is 0 Å². The Morgan fingerprint density at radius 1 is 1.18 bits per heavy atom. The van der Waals surface area contributed by atoms with Crippen molar-refractivity contribution in [1.82, 2.24) is 4.98 Å². The van der Waals surface area contributed by atoms with Crippen LogP contribution in [-0.2, 0) is 10.3 Å². The van der Waals surface area contributed by atoms with Crippen LogP contribution in [0.3, 0.4) is 0 Å². The van der Waals surface area contributed by atoms with E-state index in [1.807, 2.05) is 24.4 Å². The topological polar surface area (TPSA) is 45.2 Å². The Morgan fingerprint density at radius 3 is 3.06 bits per heavy atom. The van der Waals surface area contributed by atoms with E-state index in [4.69, 9.17) is 4.74 Å². The lowest BCUT2D eigenvalue weighted by molar-refractivity contribution is 0.0145. The third-order valence-corrected chi connectivity index (χ3v) is 3.63. The van der Waals surface area contributed by atoms with E-state index >= 15 is 0 Å². The third kappa shape index (κ3) is 1.96. The minimum atomic E-state index is -0.720. The van der Waals surface area contributed by atoms with Crippen molar-refractivity contribution in [3.8, 4) is 0 Å². The highest BCUT2D eigenvalue weighted by molar-refractivity contribution is 5.80. The molecule has 3 nitrogen and oxygen atoms in total. The number of fused-ring (bicyclic) bond motifs is 1. The van der Waals surface area contributed by atoms with Crippen LogP contribution in [0.4, 0.5) is 0 Å². The fourth-order valence-corrected chi connectivity index (χ4v) is 2.57. The van der Waals surface area contributed by atoms with Crippen molar-refractivity contribution < 1.29 is 9.84 Å². The number of hydrogen-bond acceptors (Lipinski definition) is 2. The molecule has 0 amide bonds.